The SMILES string of the molecule is O=C1C(=O)N(c2ccc(F)cc2)CCN1Cc1cc(=O)n2ccccc2n1. The maximum absolute atomic E-state index is 13.1. The molecule has 0 N–H and O–H groups in total. The number of amides is 2. The van der Waals surface area contributed by atoms with E-state index in [0.29, 0.717) is 17.0 Å². The number of benzene rings is 1. The van der Waals surface area contributed by atoms with Crippen LogP contribution in [0.1, 0.15) is 5.69 Å². The highest BCUT2D eigenvalue weighted by molar-refractivity contribution is 6.40. The third kappa shape index (κ3) is 3.17. The fraction of sp³-hybridized carbons (Fsp3) is 0.158. The summed E-state index contributed by atoms with van der Waals surface area (Å²) in [5.41, 5.74) is 1.11. The first kappa shape index (κ1) is 16.9. The average Bonchev–Trinajstić information content (AvgIpc) is 2.67. The third-order valence-electron chi connectivity index (χ3n) is 4.42. The van der Waals surface area contributed by atoms with E-state index in [-0.39, 0.29) is 25.2 Å². The summed E-state index contributed by atoms with van der Waals surface area (Å²) in [6.45, 7) is 0.642. The summed E-state index contributed by atoms with van der Waals surface area (Å²) in [5, 5.41) is 0. The van der Waals surface area contributed by atoms with Gasteiger partial charge < -0.3 is 9.80 Å². The Bertz CT molecular complexity index is 1090. The summed E-state index contributed by atoms with van der Waals surface area (Å²) in [7, 11) is 0. The number of hydrogen-bond acceptors (Lipinski definition) is 4. The van der Waals surface area contributed by atoms with E-state index >= 15 is 0 Å². The number of rotatable bonds is 3. The van der Waals surface area contributed by atoms with Crippen molar-refractivity contribution in [1.82, 2.24) is 14.3 Å². The highest BCUT2D eigenvalue weighted by Crippen LogP contribution is 2.19. The second kappa shape index (κ2) is 6.64. The van der Waals surface area contributed by atoms with Gasteiger partial charge in [0.15, 0.2) is 0 Å². The van der Waals surface area contributed by atoms with Crippen molar-refractivity contribution in [3.63, 3.8) is 0 Å². The van der Waals surface area contributed by atoms with Crippen LogP contribution >= 0.6 is 0 Å². The van der Waals surface area contributed by atoms with E-state index in [9.17, 15) is 18.8 Å². The Morgan fingerprint density at radius 1 is 0.963 bits per heavy atom. The van der Waals surface area contributed by atoms with Gasteiger partial charge in [0.2, 0.25) is 0 Å². The van der Waals surface area contributed by atoms with Gasteiger partial charge in [0.05, 0.1) is 12.2 Å². The molecule has 1 saturated heterocycles. The zero-order valence-electron chi connectivity index (χ0n) is 14.2. The Hall–Kier alpha value is -3.55. The molecule has 0 atom stereocenters. The van der Waals surface area contributed by atoms with E-state index in [1.54, 1.807) is 24.4 Å². The molecule has 0 unspecified atom stereocenters. The van der Waals surface area contributed by atoms with Gasteiger partial charge in [-0.1, -0.05) is 6.07 Å². The molecular weight excluding hydrogens is 351 g/mol. The number of carbonyl (C=O) groups excluding carboxylic acids is 2. The van der Waals surface area contributed by atoms with E-state index in [1.807, 2.05) is 0 Å². The van der Waals surface area contributed by atoms with Crippen molar-refractivity contribution in [2.75, 3.05) is 18.0 Å². The first-order valence-electron chi connectivity index (χ1n) is 8.36. The number of carbonyl (C=O) groups is 2. The fourth-order valence-electron chi connectivity index (χ4n) is 3.07. The van der Waals surface area contributed by atoms with Gasteiger partial charge in [-0.25, -0.2) is 9.37 Å². The Kier molecular flexibility index (Phi) is 4.15. The molecule has 1 aromatic carbocycles. The molecule has 2 amide bonds. The van der Waals surface area contributed by atoms with Gasteiger partial charge in [0, 0.05) is 31.0 Å². The highest BCUT2D eigenvalue weighted by Gasteiger charge is 2.33. The standard InChI is InChI=1S/C19H15FN4O3/c20-13-4-6-15(7-5-13)23-10-9-22(18(26)19(23)27)12-14-11-17(25)24-8-2-1-3-16(24)21-14/h1-8,11H,9-10,12H2. The molecule has 0 aliphatic carbocycles. The van der Waals surface area contributed by atoms with E-state index in [0.717, 1.165) is 0 Å². The van der Waals surface area contributed by atoms with Crippen LogP contribution in [0.15, 0.2) is 59.5 Å². The third-order valence-corrected chi connectivity index (χ3v) is 4.42. The maximum atomic E-state index is 13.1. The lowest BCUT2D eigenvalue weighted by atomic mass is 10.2. The van der Waals surface area contributed by atoms with Crippen molar-refractivity contribution in [2.45, 2.75) is 6.54 Å². The van der Waals surface area contributed by atoms with Crippen LogP contribution in [-0.2, 0) is 16.1 Å². The van der Waals surface area contributed by atoms with Gasteiger partial charge in [-0.2, -0.15) is 0 Å². The molecule has 1 aliphatic heterocycles. The monoisotopic (exact) mass is 366 g/mol. The van der Waals surface area contributed by atoms with Crippen molar-refractivity contribution >= 4 is 23.1 Å². The number of halogens is 1. The smallest absolute Gasteiger partial charge is 0.316 e. The molecule has 0 bridgehead atoms. The molecular formula is C19H15FN4O3. The largest absolute Gasteiger partial charge is 0.327 e. The molecule has 0 spiro atoms. The summed E-state index contributed by atoms with van der Waals surface area (Å²) in [4.78, 5) is 44.2. The molecule has 27 heavy (non-hydrogen) atoms. The number of aromatic nitrogens is 2. The fourth-order valence-corrected chi connectivity index (χ4v) is 3.07. The summed E-state index contributed by atoms with van der Waals surface area (Å²) in [6.07, 6.45) is 1.62. The second-order valence-electron chi connectivity index (χ2n) is 6.17. The molecule has 4 rings (SSSR count). The average molecular weight is 366 g/mol. The van der Waals surface area contributed by atoms with Crippen molar-refractivity contribution in [2.24, 2.45) is 0 Å². The number of piperazine rings is 1. The lowest BCUT2D eigenvalue weighted by Gasteiger charge is -2.33. The summed E-state index contributed by atoms with van der Waals surface area (Å²) in [6, 6.07) is 12.0. The lowest BCUT2D eigenvalue weighted by Crippen LogP contribution is -2.54. The minimum Gasteiger partial charge on any atom is -0.327 e. The van der Waals surface area contributed by atoms with Crippen molar-refractivity contribution < 1.29 is 14.0 Å². The van der Waals surface area contributed by atoms with E-state index in [1.165, 1.54) is 44.5 Å². The summed E-state index contributed by atoms with van der Waals surface area (Å²) >= 11 is 0. The molecule has 0 radical (unpaired) electrons. The molecule has 1 fully saturated rings. The zero-order chi connectivity index (χ0) is 19.0. The minimum atomic E-state index is -0.689. The minimum absolute atomic E-state index is 0.0719. The second-order valence-corrected chi connectivity index (χ2v) is 6.17. The number of fused-ring (bicyclic) bond motifs is 1. The van der Waals surface area contributed by atoms with Crippen molar-refractivity contribution in [3.05, 3.63) is 76.6 Å². The number of pyridine rings is 1. The van der Waals surface area contributed by atoms with E-state index in [4.69, 9.17) is 0 Å². The van der Waals surface area contributed by atoms with Crippen LogP contribution in [0.4, 0.5) is 10.1 Å². The van der Waals surface area contributed by atoms with Crippen LogP contribution in [0.2, 0.25) is 0 Å². The van der Waals surface area contributed by atoms with E-state index in [2.05, 4.69) is 4.98 Å². The van der Waals surface area contributed by atoms with Gasteiger partial charge in [0.25, 0.3) is 5.56 Å². The molecule has 7 nitrogen and oxygen atoms in total. The summed E-state index contributed by atoms with van der Waals surface area (Å²) in [5.74, 6) is -1.78. The molecule has 0 saturated carbocycles. The maximum Gasteiger partial charge on any atom is 0.316 e. The molecule has 1 aliphatic rings. The number of hydrogen-bond donors (Lipinski definition) is 0. The normalized spacial score (nSPS) is 14.9. The Morgan fingerprint density at radius 3 is 2.52 bits per heavy atom. The molecule has 8 heteroatoms. The molecule has 3 aromatic rings. The van der Waals surface area contributed by atoms with Crippen molar-refractivity contribution in [1.29, 1.82) is 0 Å². The predicted octanol–water partition coefficient (Wildman–Crippen LogP) is 1.21. The van der Waals surface area contributed by atoms with E-state index < -0.39 is 17.6 Å². The predicted molar refractivity (Wildman–Crippen MR) is 95.6 cm³/mol. The highest BCUT2D eigenvalue weighted by atomic mass is 19.1. The number of anilines is 1. The topological polar surface area (TPSA) is 75.0 Å². The van der Waals surface area contributed by atoms with Gasteiger partial charge in [-0.15, -0.1) is 0 Å². The van der Waals surface area contributed by atoms with Crippen LogP contribution in [0.3, 0.4) is 0 Å². The zero-order valence-corrected chi connectivity index (χ0v) is 14.2. The van der Waals surface area contributed by atoms with Gasteiger partial charge in [-0.3, -0.25) is 18.8 Å². The van der Waals surface area contributed by atoms with Crippen LogP contribution in [-0.4, -0.2) is 39.2 Å². The Morgan fingerprint density at radius 2 is 1.74 bits per heavy atom. The molecule has 2 aromatic heterocycles. The summed E-state index contributed by atoms with van der Waals surface area (Å²) < 4.78 is 14.5. The van der Waals surface area contributed by atoms with Crippen molar-refractivity contribution in [3.8, 4) is 0 Å². The Balaban J connectivity index is 1.55. The Labute approximate surface area is 153 Å². The van der Waals surface area contributed by atoms with Gasteiger partial charge in [-0.05, 0) is 36.4 Å². The molecule has 136 valence electrons. The quantitative estimate of drug-likeness (QED) is 0.653. The van der Waals surface area contributed by atoms with Crippen LogP contribution < -0.4 is 10.5 Å². The van der Waals surface area contributed by atoms with Crippen LogP contribution in [0.25, 0.3) is 5.65 Å². The van der Waals surface area contributed by atoms with Crippen LogP contribution in [0.5, 0.6) is 0 Å². The first-order chi connectivity index (χ1) is 13.0. The molecule has 3 heterocycles. The lowest BCUT2D eigenvalue weighted by molar-refractivity contribution is -0.146. The van der Waals surface area contributed by atoms with Crippen LogP contribution in [0, 0.1) is 5.82 Å². The van der Waals surface area contributed by atoms with Gasteiger partial charge >= 0.3 is 11.8 Å². The first-order valence-corrected chi connectivity index (χ1v) is 8.36. The number of nitrogens with zero attached hydrogens (tertiary/aromatic N) is 4. The van der Waals surface area contributed by atoms with Gasteiger partial charge in [0.1, 0.15) is 11.5 Å².